The van der Waals surface area contributed by atoms with Crippen LogP contribution in [0, 0.1) is 5.92 Å². The molecule has 0 unspecified atom stereocenters. The van der Waals surface area contributed by atoms with Crippen molar-refractivity contribution >= 4 is 0 Å². The van der Waals surface area contributed by atoms with E-state index in [9.17, 15) is 0 Å². The summed E-state index contributed by atoms with van der Waals surface area (Å²) < 4.78 is 0. The van der Waals surface area contributed by atoms with Gasteiger partial charge in [-0.3, -0.25) is 0 Å². The molecule has 0 heterocycles. The van der Waals surface area contributed by atoms with Gasteiger partial charge in [0.1, 0.15) is 0 Å². The maximum atomic E-state index is 3.75. The van der Waals surface area contributed by atoms with E-state index >= 15 is 0 Å². The predicted octanol–water partition coefficient (Wildman–Crippen LogP) is 4.56. The van der Waals surface area contributed by atoms with E-state index in [4.69, 9.17) is 0 Å². The summed E-state index contributed by atoms with van der Waals surface area (Å²) in [7, 11) is 0. The molecule has 0 aliphatic heterocycles. The van der Waals surface area contributed by atoms with Crippen LogP contribution in [-0.2, 0) is 0 Å². The third kappa shape index (κ3) is 6.45. The highest BCUT2D eigenvalue weighted by atomic mass is 14.1. The molecule has 0 amide bonds. The van der Waals surface area contributed by atoms with Gasteiger partial charge in [0, 0.05) is 0 Å². The molecule has 0 saturated carbocycles. The first-order valence-electron chi connectivity index (χ1n) is 5.46. The maximum Gasteiger partial charge on any atom is -0.0353 e. The standard InChI is InChI=1S/C12H24/c1-4-7-8-11-12(9-5-2)10-6-3/h4,12H,1,5-11H2,2-3H3. The van der Waals surface area contributed by atoms with Gasteiger partial charge in [0.2, 0.25) is 0 Å². The Morgan fingerprint density at radius 1 is 1.08 bits per heavy atom. The van der Waals surface area contributed by atoms with E-state index in [-0.39, 0.29) is 0 Å². The molecule has 0 fully saturated rings. The lowest BCUT2D eigenvalue weighted by Gasteiger charge is -2.13. The highest BCUT2D eigenvalue weighted by Gasteiger charge is 2.04. The number of hydrogen-bond donors (Lipinski definition) is 0. The van der Waals surface area contributed by atoms with E-state index in [1.807, 2.05) is 6.08 Å². The predicted molar refractivity (Wildman–Crippen MR) is 57.4 cm³/mol. The van der Waals surface area contributed by atoms with Gasteiger partial charge in [-0.15, -0.1) is 6.58 Å². The lowest BCUT2D eigenvalue weighted by atomic mass is 9.93. The van der Waals surface area contributed by atoms with Crippen molar-refractivity contribution in [1.82, 2.24) is 0 Å². The van der Waals surface area contributed by atoms with Crippen LogP contribution in [0.1, 0.15) is 58.8 Å². The normalized spacial score (nSPS) is 10.6. The molecule has 0 N–H and O–H groups in total. The zero-order valence-electron chi connectivity index (χ0n) is 8.81. The molecular weight excluding hydrogens is 144 g/mol. The number of unbranched alkanes of at least 4 members (excludes halogenated alkanes) is 1. The van der Waals surface area contributed by atoms with Crippen LogP contribution >= 0.6 is 0 Å². The summed E-state index contributed by atoms with van der Waals surface area (Å²) >= 11 is 0. The van der Waals surface area contributed by atoms with Crippen molar-refractivity contribution in [2.45, 2.75) is 58.8 Å². The molecule has 0 aromatic heterocycles. The molecule has 0 spiro atoms. The van der Waals surface area contributed by atoms with Crippen LogP contribution in [0.2, 0.25) is 0 Å². The minimum Gasteiger partial charge on any atom is -0.103 e. The zero-order valence-corrected chi connectivity index (χ0v) is 8.81. The quantitative estimate of drug-likeness (QED) is 0.368. The first kappa shape index (κ1) is 11.7. The van der Waals surface area contributed by atoms with Crippen LogP contribution in [-0.4, -0.2) is 0 Å². The molecule has 0 aliphatic rings. The van der Waals surface area contributed by atoms with Gasteiger partial charge in [-0.05, 0) is 18.8 Å². The maximum absolute atomic E-state index is 3.75. The van der Waals surface area contributed by atoms with Gasteiger partial charge in [0.05, 0.1) is 0 Å². The number of allylic oxidation sites excluding steroid dienone is 1. The summed E-state index contributed by atoms with van der Waals surface area (Å²) in [6, 6.07) is 0. The third-order valence-electron chi connectivity index (χ3n) is 2.41. The van der Waals surface area contributed by atoms with Gasteiger partial charge in [-0.2, -0.15) is 0 Å². The van der Waals surface area contributed by atoms with Gasteiger partial charge in [0.25, 0.3) is 0 Å². The fraction of sp³-hybridized carbons (Fsp3) is 0.833. The zero-order chi connectivity index (χ0) is 9.23. The topological polar surface area (TPSA) is 0 Å². The molecule has 0 heteroatoms. The van der Waals surface area contributed by atoms with Gasteiger partial charge in [-0.25, -0.2) is 0 Å². The largest absolute Gasteiger partial charge is 0.103 e. The van der Waals surface area contributed by atoms with Gasteiger partial charge in [0.15, 0.2) is 0 Å². The molecule has 0 bridgehead atoms. The molecule has 0 radical (unpaired) electrons. The summed E-state index contributed by atoms with van der Waals surface area (Å²) in [6.45, 7) is 8.33. The Balaban J connectivity index is 3.40. The van der Waals surface area contributed by atoms with Crippen molar-refractivity contribution in [2.75, 3.05) is 0 Å². The average Bonchev–Trinajstić information content (AvgIpc) is 2.06. The van der Waals surface area contributed by atoms with E-state index in [2.05, 4.69) is 20.4 Å². The fourth-order valence-electron chi connectivity index (χ4n) is 1.80. The van der Waals surface area contributed by atoms with E-state index in [0.29, 0.717) is 0 Å². The van der Waals surface area contributed by atoms with Crippen LogP contribution in [0.25, 0.3) is 0 Å². The minimum atomic E-state index is 0.986. The van der Waals surface area contributed by atoms with Crippen molar-refractivity contribution < 1.29 is 0 Å². The van der Waals surface area contributed by atoms with Crippen molar-refractivity contribution in [3.05, 3.63) is 12.7 Å². The van der Waals surface area contributed by atoms with E-state index in [1.165, 1.54) is 44.9 Å². The summed E-state index contributed by atoms with van der Waals surface area (Å²) in [4.78, 5) is 0. The Bertz CT molecular complexity index is 88.2. The smallest absolute Gasteiger partial charge is 0.0353 e. The fourth-order valence-corrected chi connectivity index (χ4v) is 1.80. The molecule has 0 nitrogen and oxygen atoms in total. The van der Waals surface area contributed by atoms with Crippen LogP contribution in [0.4, 0.5) is 0 Å². The SMILES string of the molecule is C=CCCCC(CCC)CCC. The molecule has 0 rings (SSSR count). The van der Waals surface area contributed by atoms with Crippen LogP contribution in [0.3, 0.4) is 0 Å². The molecule has 0 saturated heterocycles. The van der Waals surface area contributed by atoms with E-state index < -0.39 is 0 Å². The number of hydrogen-bond acceptors (Lipinski definition) is 0. The summed E-state index contributed by atoms with van der Waals surface area (Å²) in [5.74, 6) is 0.986. The molecule has 0 atom stereocenters. The molecule has 12 heavy (non-hydrogen) atoms. The van der Waals surface area contributed by atoms with E-state index in [0.717, 1.165) is 5.92 Å². The van der Waals surface area contributed by atoms with Crippen LogP contribution in [0.5, 0.6) is 0 Å². The van der Waals surface area contributed by atoms with Gasteiger partial charge in [-0.1, -0.05) is 52.0 Å². The summed E-state index contributed by atoms with van der Waals surface area (Å²) in [5, 5.41) is 0. The number of rotatable bonds is 8. The third-order valence-corrected chi connectivity index (χ3v) is 2.41. The second-order valence-corrected chi connectivity index (χ2v) is 3.66. The van der Waals surface area contributed by atoms with Crippen LogP contribution in [0.15, 0.2) is 12.7 Å². The lowest BCUT2D eigenvalue weighted by molar-refractivity contribution is 0.401. The molecular formula is C12H24. The second kappa shape index (κ2) is 8.83. The van der Waals surface area contributed by atoms with Crippen LogP contribution < -0.4 is 0 Å². The Morgan fingerprint density at radius 2 is 1.67 bits per heavy atom. The molecule has 0 aromatic rings. The monoisotopic (exact) mass is 168 g/mol. The highest BCUT2D eigenvalue weighted by Crippen LogP contribution is 2.19. The average molecular weight is 168 g/mol. The highest BCUT2D eigenvalue weighted by molar-refractivity contribution is 4.67. The lowest BCUT2D eigenvalue weighted by Crippen LogP contribution is -1.99. The summed E-state index contributed by atoms with van der Waals surface area (Å²) in [6.07, 6.45) is 11.5. The van der Waals surface area contributed by atoms with Gasteiger partial charge >= 0.3 is 0 Å². The van der Waals surface area contributed by atoms with Crippen molar-refractivity contribution in [2.24, 2.45) is 5.92 Å². The Morgan fingerprint density at radius 3 is 2.08 bits per heavy atom. The molecule has 72 valence electrons. The first-order valence-corrected chi connectivity index (χ1v) is 5.46. The molecule has 0 aliphatic carbocycles. The Kier molecular flexibility index (Phi) is 8.64. The Labute approximate surface area is 78.1 Å². The van der Waals surface area contributed by atoms with Crippen molar-refractivity contribution in [3.8, 4) is 0 Å². The first-order chi connectivity index (χ1) is 5.85. The molecule has 0 aromatic carbocycles. The van der Waals surface area contributed by atoms with Crippen molar-refractivity contribution in [1.29, 1.82) is 0 Å². The second-order valence-electron chi connectivity index (χ2n) is 3.66. The Hall–Kier alpha value is -0.260. The van der Waals surface area contributed by atoms with Gasteiger partial charge < -0.3 is 0 Å². The summed E-state index contributed by atoms with van der Waals surface area (Å²) in [5.41, 5.74) is 0. The van der Waals surface area contributed by atoms with Crippen molar-refractivity contribution in [3.63, 3.8) is 0 Å². The van der Waals surface area contributed by atoms with E-state index in [1.54, 1.807) is 0 Å². The minimum absolute atomic E-state index is 0.986.